The van der Waals surface area contributed by atoms with Crippen LogP contribution in [-0.4, -0.2) is 22.8 Å². The van der Waals surface area contributed by atoms with Gasteiger partial charge in [-0.15, -0.1) is 0 Å². The zero-order chi connectivity index (χ0) is 21.3. The molecule has 3 aromatic carbocycles. The average Bonchev–Trinajstić information content (AvgIpc) is 3.04. The van der Waals surface area contributed by atoms with Crippen molar-refractivity contribution in [1.29, 1.82) is 0 Å². The standard InChI is InChI=1S/C24H17FN2O3/c1-15-5-4-6-18(13-15)27-22(19-7-2-3-8-20(19)25)26-21(23(27)28)14-16-9-11-17(12-10-16)24(29)30/h2-14H,1H3,(H,29,30)/b21-14+. The molecular formula is C24H17FN2O3. The van der Waals surface area contributed by atoms with Gasteiger partial charge in [-0.25, -0.2) is 14.2 Å². The number of benzene rings is 3. The number of anilines is 1. The van der Waals surface area contributed by atoms with Crippen molar-refractivity contribution in [2.75, 3.05) is 4.90 Å². The minimum Gasteiger partial charge on any atom is -0.478 e. The van der Waals surface area contributed by atoms with E-state index < -0.39 is 11.8 Å². The minimum atomic E-state index is -1.03. The van der Waals surface area contributed by atoms with Crippen molar-refractivity contribution in [2.45, 2.75) is 6.92 Å². The number of carbonyl (C=O) groups is 2. The van der Waals surface area contributed by atoms with Crippen LogP contribution in [0.5, 0.6) is 0 Å². The zero-order valence-electron chi connectivity index (χ0n) is 16.0. The number of carbonyl (C=O) groups excluding carboxylic acids is 1. The van der Waals surface area contributed by atoms with Gasteiger partial charge in [-0.05, 0) is 60.5 Å². The quantitative estimate of drug-likeness (QED) is 0.647. The summed E-state index contributed by atoms with van der Waals surface area (Å²) in [5, 5.41) is 9.04. The highest BCUT2D eigenvalue weighted by atomic mass is 19.1. The van der Waals surface area contributed by atoms with E-state index in [1.807, 2.05) is 25.1 Å². The van der Waals surface area contributed by atoms with Gasteiger partial charge in [0.2, 0.25) is 0 Å². The zero-order valence-corrected chi connectivity index (χ0v) is 16.0. The van der Waals surface area contributed by atoms with Gasteiger partial charge in [-0.1, -0.05) is 36.4 Å². The van der Waals surface area contributed by atoms with Crippen molar-refractivity contribution in [2.24, 2.45) is 4.99 Å². The lowest BCUT2D eigenvalue weighted by molar-refractivity contribution is -0.113. The lowest BCUT2D eigenvalue weighted by Crippen LogP contribution is -2.33. The third-order valence-electron chi connectivity index (χ3n) is 4.70. The molecule has 0 atom stereocenters. The molecule has 0 radical (unpaired) electrons. The fraction of sp³-hybridized carbons (Fsp3) is 0.0417. The number of amides is 1. The number of aromatic carboxylic acids is 1. The summed E-state index contributed by atoms with van der Waals surface area (Å²) < 4.78 is 14.5. The molecule has 0 aromatic heterocycles. The van der Waals surface area contributed by atoms with E-state index in [1.54, 1.807) is 42.5 Å². The van der Waals surface area contributed by atoms with E-state index >= 15 is 0 Å². The molecule has 0 fully saturated rings. The van der Waals surface area contributed by atoms with Crippen LogP contribution in [0.1, 0.15) is 27.0 Å². The molecule has 4 rings (SSSR count). The lowest BCUT2D eigenvalue weighted by Gasteiger charge is -2.19. The molecule has 0 saturated heterocycles. The SMILES string of the molecule is Cc1cccc(N2C(=O)/C(=C\c3ccc(C(=O)O)cc3)N=C2c2ccccc2F)c1. The van der Waals surface area contributed by atoms with Crippen molar-refractivity contribution in [3.8, 4) is 0 Å². The van der Waals surface area contributed by atoms with Crippen LogP contribution in [0, 0.1) is 12.7 Å². The molecule has 0 spiro atoms. The molecule has 0 saturated carbocycles. The number of rotatable bonds is 4. The van der Waals surface area contributed by atoms with E-state index in [-0.39, 0.29) is 28.6 Å². The lowest BCUT2D eigenvalue weighted by atomic mass is 10.1. The smallest absolute Gasteiger partial charge is 0.335 e. The van der Waals surface area contributed by atoms with Gasteiger partial charge >= 0.3 is 5.97 Å². The van der Waals surface area contributed by atoms with Gasteiger partial charge in [0.15, 0.2) is 5.84 Å². The largest absolute Gasteiger partial charge is 0.478 e. The number of aliphatic imine (C=N–C) groups is 1. The number of amidine groups is 1. The maximum atomic E-state index is 14.5. The number of aryl methyl sites for hydroxylation is 1. The molecule has 0 unspecified atom stereocenters. The Morgan fingerprint density at radius 3 is 2.43 bits per heavy atom. The first kappa shape index (κ1) is 19.3. The maximum Gasteiger partial charge on any atom is 0.335 e. The minimum absolute atomic E-state index is 0.137. The Labute approximate surface area is 172 Å². The van der Waals surface area contributed by atoms with E-state index in [9.17, 15) is 14.0 Å². The second-order valence-electron chi connectivity index (χ2n) is 6.85. The topological polar surface area (TPSA) is 70.0 Å². The van der Waals surface area contributed by atoms with Crippen molar-refractivity contribution in [3.63, 3.8) is 0 Å². The van der Waals surface area contributed by atoms with E-state index in [2.05, 4.69) is 4.99 Å². The van der Waals surface area contributed by atoms with Crippen molar-refractivity contribution >= 4 is 29.5 Å². The molecule has 1 amide bonds. The molecule has 3 aromatic rings. The third kappa shape index (κ3) is 3.63. The van der Waals surface area contributed by atoms with Crippen LogP contribution in [0.2, 0.25) is 0 Å². The molecule has 0 bridgehead atoms. The third-order valence-corrected chi connectivity index (χ3v) is 4.70. The van der Waals surface area contributed by atoms with E-state index in [0.29, 0.717) is 11.3 Å². The molecule has 6 heteroatoms. The number of carboxylic acid groups (broad SMARTS) is 1. The summed E-state index contributed by atoms with van der Waals surface area (Å²) in [6.07, 6.45) is 1.56. The number of nitrogens with zero attached hydrogens (tertiary/aromatic N) is 2. The van der Waals surface area contributed by atoms with E-state index in [0.717, 1.165) is 5.56 Å². The van der Waals surface area contributed by atoms with E-state index in [1.165, 1.54) is 23.1 Å². The van der Waals surface area contributed by atoms with Crippen LogP contribution in [0.4, 0.5) is 10.1 Å². The Kier molecular flexibility index (Phi) is 4.98. The highest BCUT2D eigenvalue weighted by Gasteiger charge is 2.33. The van der Waals surface area contributed by atoms with Crippen LogP contribution in [0.15, 0.2) is 83.5 Å². The van der Waals surface area contributed by atoms with Crippen LogP contribution in [0.25, 0.3) is 6.08 Å². The molecule has 1 N–H and O–H groups in total. The molecule has 148 valence electrons. The van der Waals surface area contributed by atoms with Crippen LogP contribution < -0.4 is 4.90 Å². The highest BCUT2D eigenvalue weighted by Crippen LogP contribution is 2.29. The summed E-state index contributed by atoms with van der Waals surface area (Å²) in [5.74, 6) is -1.69. The summed E-state index contributed by atoms with van der Waals surface area (Å²) in [6, 6.07) is 19.6. The Bertz CT molecular complexity index is 1210. The summed E-state index contributed by atoms with van der Waals surface area (Å²) in [6.45, 7) is 1.91. The summed E-state index contributed by atoms with van der Waals surface area (Å²) in [4.78, 5) is 30.1. The van der Waals surface area contributed by atoms with Crippen molar-refractivity contribution < 1.29 is 19.1 Å². The molecule has 5 nitrogen and oxygen atoms in total. The van der Waals surface area contributed by atoms with Gasteiger partial charge in [0, 0.05) is 0 Å². The second kappa shape index (κ2) is 7.75. The van der Waals surface area contributed by atoms with Gasteiger partial charge in [0.05, 0.1) is 16.8 Å². The molecular weight excluding hydrogens is 383 g/mol. The van der Waals surface area contributed by atoms with Gasteiger partial charge in [-0.3, -0.25) is 9.69 Å². The summed E-state index contributed by atoms with van der Waals surface area (Å²) in [7, 11) is 0. The second-order valence-corrected chi connectivity index (χ2v) is 6.85. The van der Waals surface area contributed by atoms with Crippen LogP contribution >= 0.6 is 0 Å². The van der Waals surface area contributed by atoms with E-state index in [4.69, 9.17) is 5.11 Å². The molecule has 0 aliphatic carbocycles. The fourth-order valence-corrected chi connectivity index (χ4v) is 3.23. The monoisotopic (exact) mass is 400 g/mol. The van der Waals surface area contributed by atoms with Gasteiger partial charge in [0.1, 0.15) is 11.5 Å². The number of carboxylic acids is 1. The normalized spacial score (nSPS) is 14.9. The number of hydrogen-bond donors (Lipinski definition) is 1. The number of hydrogen-bond acceptors (Lipinski definition) is 3. The Morgan fingerprint density at radius 1 is 1.03 bits per heavy atom. The first-order chi connectivity index (χ1) is 14.4. The van der Waals surface area contributed by atoms with Crippen LogP contribution in [-0.2, 0) is 4.79 Å². The van der Waals surface area contributed by atoms with Crippen molar-refractivity contribution in [1.82, 2.24) is 0 Å². The highest BCUT2D eigenvalue weighted by molar-refractivity contribution is 6.33. The Hall–Kier alpha value is -4.06. The predicted molar refractivity (Wildman–Crippen MR) is 113 cm³/mol. The average molecular weight is 400 g/mol. The first-order valence-corrected chi connectivity index (χ1v) is 9.24. The molecule has 30 heavy (non-hydrogen) atoms. The Balaban J connectivity index is 1.82. The summed E-state index contributed by atoms with van der Waals surface area (Å²) >= 11 is 0. The van der Waals surface area contributed by atoms with Gasteiger partial charge in [0.25, 0.3) is 5.91 Å². The molecule has 1 heterocycles. The number of halogens is 1. The first-order valence-electron chi connectivity index (χ1n) is 9.24. The van der Waals surface area contributed by atoms with Gasteiger partial charge in [-0.2, -0.15) is 0 Å². The van der Waals surface area contributed by atoms with Crippen LogP contribution in [0.3, 0.4) is 0 Å². The van der Waals surface area contributed by atoms with Gasteiger partial charge < -0.3 is 5.11 Å². The molecule has 1 aliphatic heterocycles. The maximum absolute atomic E-state index is 14.5. The Morgan fingerprint density at radius 2 is 1.77 bits per heavy atom. The predicted octanol–water partition coefficient (Wildman–Crippen LogP) is 4.67. The van der Waals surface area contributed by atoms with Crippen molar-refractivity contribution in [3.05, 3.63) is 107 Å². The summed E-state index contributed by atoms with van der Waals surface area (Å²) in [5.41, 5.74) is 2.66. The molecule has 1 aliphatic rings. The fourth-order valence-electron chi connectivity index (χ4n) is 3.23.